The highest BCUT2D eigenvalue weighted by Gasteiger charge is 2.21. The van der Waals surface area contributed by atoms with Crippen molar-refractivity contribution in [3.8, 4) is 0 Å². The third kappa shape index (κ3) is 3.22. The quantitative estimate of drug-likeness (QED) is 0.926. The fourth-order valence-corrected chi connectivity index (χ4v) is 2.76. The Morgan fingerprint density at radius 1 is 1.50 bits per heavy atom. The van der Waals surface area contributed by atoms with Crippen LogP contribution in [-0.4, -0.2) is 30.8 Å². The lowest BCUT2D eigenvalue weighted by Gasteiger charge is -2.33. The van der Waals surface area contributed by atoms with Crippen LogP contribution in [0.25, 0.3) is 0 Å². The van der Waals surface area contributed by atoms with Crippen LogP contribution in [0.1, 0.15) is 25.3 Å². The Morgan fingerprint density at radius 3 is 2.83 bits per heavy atom. The normalized spacial score (nSPS) is 17.2. The van der Waals surface area contributed by atoms with Crippen molar-refractivity contribution >= 4 is 21.7 Å². The van der Waals surface area contributed by atoms with E-state index in [0.29, 0.717) is 12.6 Å². The molecule has 2 heterocycles. The van der Waals surface area contributed by atoms with Crippen LogP contribution in [0.5, 0.6) is 0 Å². The van der Waals surface area contributed by atoms with Crippen LogP contribution in [0.4, 0.5) is 5.82 Å². The van der Waals surface area contributed by atoms with E-state index in [9.17, 15) is 0 Å². The molecule has 0 aromatic carbocycles. The molecule has 2 rings (SSSR count). The molecular weight excluding hydrogens is 294 g/mol. The maximum absolute atomic E-state index is 5.79. The first-order chi connectivity index (χ1) is 8.74. The molecule has 5 heteroatoms. The van der Waals surface area contributed by atoms with Gasteiger partial charge in [-0.3, -0.25) is 0 Å². The summed E-state index contributed by atoms with van der Waals surface area (Å²) in [6.07, 6.45) is 4.37. The van der Waals surface area contributed by atoms with Crippen LogP contribution >= 0.6 is 15.9 Å². The number of aromatic nitrogens is 1. The van der Waals surface area contributed by atoms with Crippen molar-refractivity contribution in [2.75, 3.05) is 24.6 Å². The van der Waals surface area contributed by atoms with Crippen molar-refractivity contribution in [3.63, 3.8) is 0 Å². The van der Waals surface area contributed by atoms with E-state index in [1.165, 1.54) is 0 Å². The molecule has 1 aliphatic heterocycles. The number of ether oxygens (including phenoxy) is 1. The molecular formula is C13H20BrN3O. The van der Waals surface area contributed by atoms with Gasteiger partial charge in [0.1, 0.15) is 5.82 Å². The summed E-state index contributed by atoms with van der Waals surface area (Å²) >= 11 is 3.43. The van der Waals surface area contributed by atoms with E-state index >= 15 is 0 Å². The maximum Gasteiger partial charge on any atom is 0.133 e. The molecule has 4 nitrogen and oxygen atoms in total. The Hall–Kier alpha value is -0.650. The predicted molar refractivity (Wildman–Crippen MR) is 76.7 cm³/mol. The summed E-state index contributed by atoms with van der Waals surface area (Å²) in [4.78, 5) is 6.81. The molecule has 0 atom stereocenters. The summed E-state index contributed by atoms with van der Waals surface area (Å²) in [6, 6.07) is 2.05. The molecule has 0 radical (unpaired) electrons. The van der Waals surface area contributed by atoms with Crippen LogP contribution < -0.4 is 10.6 Å². The summed E-state index contributed by atoms with van der Waals surface area (Å²) in [5.41, 5.74) is 6.89. The van der Waals surface area contributed by atoms with Gasteiger partial charge < -0.3 is 15.4 Å². The fourth-order valence-electron chi connectivity index (χ4n) is 2.38. The Balaban J connectivity index is 2.05. The van der Waals surface area contributed by atoms with Crippen molar-refractivity contribution in [2.24, 2.45) is 5.73 Å². The van der Waals surface area contributed by atoms with Crippen LogP contribution in [0.3, 0.4) is 0 Å². The van der Waals surface area contributed by atoms with Gasteiger partial charge in [0.25, 0.3) is 0 Å². The highest BCUT2D eigenvalue weighted by molar-refractivity contribution is 9.10. The van der Waals surface area contributed by atoms with E-state index in [2.05, 4.69) is 38.8 Å². The molecule has 1 aliphatic rings. The second kappa shape index (κ2) is 6.50. The van der Waals surface area contributed by atoms with E-state index in [1.807, 2.05) is 6.20 Å². The van der Waals surface area contributed by atoms with Crippen LogP contribution in [-0.2, 0) is 11.3 Å². The van der Waals surface area contributed by atoms with Crippen molar-refractivity contribution in [3.05, 3.63) is 22.3 Å². The van der Waals surface area contributed by atoms with Gasteiger partial charge in [-0.1, -0.05) is 0 Å². The van der Waals surface area contributed by atoms with Crippen LogP contribution in [0.15, 0.2) is 16.7 Å². The Labute approximate surface area is 117 Å². The highest BCUT2D eigenvalue weighted by Crippen LogP contribution is 2.25. The first-order valence-electron chi connectivity index (χ1n) is 6.45. The van der Waals surface area contributed by atoms with E-state index in [-0.39, 0.29) is 0 Å². The number of halogens is 1. The number of piperidine rings is 1. The summed E-state index contributed by atoms with van der Waals surface area (Å²) in [5.74, 6) is 1.02. The minimum Gasteiger partial charge on any atom is -0.378 e. The number of hydrogen-bond acceptors (Lipinski definition) is 4. The maximum atomic E-state index is 5.79. The van der Waals surface area contributed by atoms with E-state index in [4.69, 9.17) is 10.5 Å². The number of nitrogens with two attached hydrogens (primary N) is 1. The van der Waals surface area contributed by atoms with Crippen molar-refractivity contribution < 1.29 is 4.74 Å². The lowest BCUT2D eigenvalue weighted by molar-refractivity contribution is 0.0458. The molecule has 0 aliphatic carbocycles. The molecule has 0 spiro atoms. The van der Waals surface area contributed by atoms with Gasteiger partial charge in [-0.2, -0.15) is 0 Å². The molecule has 1 fully saturated rings. The Bertz CT molecular complexity index is 392. The molecule has 100 valence electrons. The molecule has 0 saturated carbocycles. The number of rotatable bonds is 4. The van der Waals surface area contributed by atoms with Gasteiger partial charge in [0.05, 0.1) is 6.10 Å². The average molecular weight is 314 g/mol. The SMILES string of the molecule is CCOC1CCN(c2ncc(Br)cc2CN)CC1. The lowest BCUT2D eigenvalue weighted by Crippen LogP contribution is -2.38. The molecule has 1 aromatic heterocycles. The second-order valence-electron chi connectivity index (χ2n) is 4.48. The molecule has 0 amide bonds. The molecule has 0 bridgehead atoms. The minimum atomic E-state index is 0.406. The minimum absolute atomic E-state index is 0.406. The predicted octanol–water partition coefficient (Wildman–Crippen LogP) is 2.31. The fraction of sp³-hybridized carbons (Fsp3) is 0.615. The highest BCUT2D eigenvalue weighted by atomic mass is 79.9. The number of hydrogen-bond donors (Lipinski definition) is 1. The lowest BCUT2D eigenvalue weighted by atomic mass is 10.1. The monoisotopic (exact) mass is 313 g/mol. The summed E-state index contributed by atoms with van der Waals surface area (Å²) in [5, 5.41) is 0. The zero-order chi connectivity index (χ0) is 13.0. The van der Waals surface area contributed by atoms with Gasteiger partial charge in [0.2, 0.25) is 0 Å². The molecule has 2 N–H and O–H groups in total. The first-order valence-corrected chi connectivity index (χ1v) is 7.25. The topological polar surface area (TPSA) is 51.4 Å². The Morgan fingerprint density at radius 2 is 2.22 bits per heavy atom. The smallest absolute Gasteiger partial charge is 0.133 e. The third-order valence-corrected chi connectivity index (χ3v) is 3.71. The van der Waals surface area contributed by atoms with E-state index in [0.717, 1.165) is 48.4 Å². The third-order valence-electron chi connectivity index (χ3n) is 3.27. The standard InChI is InChI=1S/C13H20BrN3O/c1-2-18-12-3-5-17(6-4-12)13-10(8-15)7-11(14)9-16-13/h7,9,12H,2-6,8,15H2,1H3. The molecule has 0 unspecified atom stereocenters. The summed E-state index contributed by atoms with van der Waals surface area (Å²) in [6.45, 7) is 5.36. The van der Waals surface area contributed by atoms with Crippen LogP contribution in [0.2, 0.25) is 0 Å². The molecule has 1 aromatic rings. The van der Waals surface area contributed by atoms with Gasteiger partial charge in [-0.05, 0) is 41.8 Å². The first kappa shape index (κ1) is 13.8. The van der Waals surface area contributed by atoms with Gasteiger partial charge in [0.15, 0.2) is 0 Å². The Kier molecular flexibility index (Phi) is 4.97. The van der Waals surface area contributed by atoms with Gasteiger partial charge >= 0.3 is 0 Å². The van der Waals surface area contributed by atoms with Gasteiger partial charge in [-0.15, -0.1) is 0 Å². The van der Waals surface area contributed by atoms with Crippen molar-refractivity contribution in [1.29, 1.82) is 0 Å². The number of nitrogens with zero attached hydrogens (tertiary/aromatic N) is 2. The summed E-state index contributed by atoms with van der Waals surface area (Å²) < 4.78 is 6.65. The van der Waals surface area contributed by atoms with Gasteiger partial charge in [0, 0.05) is 42.5 Å². The van der Waals surface area contributed by atoms with Crippen LogP contribution in [0, 0.1) is 0 Å². The molecule has 18 heavy (non-hydrogen) atoms. The number of pyridine rings is 1. The largest absolute Gasteiger partial charge is 0.378 e. The van der Waals surface area contributed by atoms with E-state index in [1.54, 1.807) is 0 Å². The van der Waals surface area contributed by atoms with E-state index < -0.39 is 0 Å². The second-order valence-corrected chi connectivity index (χ2v) is 5.40. The number of anilines is 1. The van der Waals surface area contributed by atoms with Gasteiger partial charge in [-0.25, -0.2) is 4.98 Å². The molecule has 1 saturated heterocycles. The summed E-state index contributed by atoms with van der Waals surface area (Å²) in [7, 11) is 0. The zero-order valence-electron chi connectivity index (χ0n) is 10.7. The van der Waals surface area contributed by atoms with Crippen molar-refractivity contribution in [2.45, 2.75) is 32.4 Å². The zero-order valence-corrected chi connectivity index (χ0v) is 12.3. The average Bonchev–Trinajstić information content (AvgIpc) is 2.40. The van der Waals surface area contributed by atoms with Crippen molar-refractivity contribution in [1.82, 2.24) is 4.98 Å².